The number of carbonyl (C=O) groups is 1. The summed E-state index contributed by atoms with van der Waals surface area (Å²) in [5, 5.41) is 7.01. The van der Waals surface area contributed by atoms with E-state index in [0.717, 1.165) is 36.4 Å². The lowest BCUT2D eigenvalue weighted by Crippen LogP contribution is -2.43. The number of carbonyl (C=O) groups excluding carboxylic acids is 1. The van der Waals surface area contributed by atoms with Crippen LogP contribution in [0.3, 0.4) is 0 Å². The summed E-state index contributed by atoms with van der Waals surface area (Å²) in [5.41, 5.74) is 1.85. The fourth-order valence-corrected chi connectivity index (χ4v) is 3.89. The van der Waals surface area contributed by atoms with E-state index in [1.54, 1.807) is 13.3 Å². The van der Waals surface area contributed by atoms with Gasteiger partial charge in [0, 0.05) is 30.9 Å². The van der Waals surface area contributed by atoms with Gasteiger partial charge >= 0.3 is 0 Å². The maximum atomic E-state index is 12.8. The number of piperidine rings is 1. The van der Waals surface area contributed by atoms with Crippen LogP contribution in [0, 0.1) is 5.92 Å². The summed E-state index contributed by atoms with van der Waals surface area (Å²) < 4.78 is 5.40. The van der Waals surface area contributed by atoms with E-state index < -0.39 is 0 Å². The van der Waals surface area contributed by atoms with Crippen LogP contribution in [0.4, 0.5) is 17.5 Å². The van der Waals surface area contributed by atoms with E-state index in [1.165, 1.54) is 0 Å². The van der Waals surface area contributed by atoms with Crippen LogP contribution in [0.1, 0.15) is 18.4 Å². The first-order valence-corrected chi connectivity index (χ1v) is 11.0. The lowest BCUT2D eigenvalue weighted by atomic mass is 9.97. The second kappa shape index (κ2) is 10.3. The molecule has 1 fully saturated rings. The summed E-state index contributed by atoms with van der Waals surface area (Å²) in [7, 11) is 1.64. The average Bonchev–Trinajstić information content (AvgIpc) is 2.84. The molecule has 2 aromatic carbocycles. The van der Waals surface area contributed by atoms with Gasteiger partial charge in [-0.3, -0.25) is 4.79 Å². The second-order valence-corrected chi connectivity index (χ2v) is 8.13. The third-order valence-electron chi connectivity index (χ3n) is 5.47. The minimum atomic E-state index is -0.106. The Morgan fingerprint density at radius 2 is 2.00 bits per heavy atom. The Labute approximate surface area is 192 Å². The molecule has 0 aliphatic carbocycles. The molecule has 4 rings (SSSR count). The third kappa shape index (κ3) is 5.48. The SMILES string of the molecule is COc1ccccc1Nc1ccnc(N2CCCC(C(=O)NCc3ccc(Cl)cc3)C2)n1. The zero-order chi connectivity index (χ0) is 22.3. The zero-order valence-corrected chi connectivity index (χ0v) is 18.7. The van der Waals surface area contributed by atoms with Crippen LogP contribution in [0.15, 0.2) is 60.8 Å². The molecule has 1 atom stereocenters. The number of para-hydroxylation sites is 2. The van der Waals surface area contributed by atoms with Crippen molar-refractivity contribution in [3.8, 4) is 5.75 Å². The van der Waals surface area contributed by atoms with E-state index in [1.807, 2.05) is 54.6 Å². The zero-order valence-electron chi connectivity index (χ0n) is 17.9. The highest BCUT2D eigenvalue weighted by Crippen LogP contribution is 2.27. The maximum Gasteiger partial charge on any atom is 0.227 e. The highest BCUT2D eigenvalue weighted by atomic mass is 35.5. The Balaban J connectivity index is 1.39. The van der Waals surface area contributed by atoms with Gasteiger partial charge in [0.25, 0.3) is 0 Å². The van der Waals surface area contributed by atoms with Crippen molar-refractivity contribution in [3.05, 3.63) is 71.4 Å². The number of hydrogen-bond acceptors (Lipinski definition) is 6. The third-order valence-corrected chi connectivity index (χ3v) is 5.72. The number of ether oxygens (including phenoxy) is 1. The Hall–Kier alpha value is -3.32. The van der Waals surface area contributed by atoms with Gasteiger partial charge in [0.1, 0.15) is 11.6 Å². The number of methoxy groups -OCH3 is 1. The summed E-state index contributed by atoms with van der Waals surface area (Å²) in [6.07, 6.45) is 3.49. The molecular formula is C24H26ClN5O2. The van der Waals surface area contributed by atoms with Gasteiger partial charge in [-0.05, 0) is 48.7 Å². The molecule has 1 aromatic heterocycles. The number of benzene rings is 2. The van der Waals surface area contributed by atoms with Crippen LogP contribution in [0.2, 0.25) is 5.02 Å². The molecule has 3 aromatic rings. The molecule has 1 aliphatic rings. The minimum absolute atomic E-state index is 0.0490. The molecule has 8 heteroatoms. The lowest BCUT2D eigenvalue weighted by molar-refractivity contribution is -0.125. The number of halogens is 1. The van der Waals surface area contributed by atoms with E-state index in [0.29, 0.717) is 29.9 Å². The summed E-state index contributed by atoms with van der Waals surface area (Å²) in [4.78, 5) is 23.9. The summed E-state index contributed by atoms with van der Waals surface area (Å²) in [6.45, 7) is 1.89. The number of nitrogens with one attached hydrogen (secondary N) is 2. The molecule has 0 spiro atoms. The highest BCUT2D eigenvalue weighted by molar-refractivity contribution is 6.30. The van der Waals surface area contributed by atoms with Crippen molar-refractivity contribution in [2.75, 3.05) is 30.4 Å². The van der Waals surface area contributed by atoms with Crippen LogP contribution >= 0.6 is 11.6 Å². The molecular weight excluding hydrogens is 426 g/mol. The van der Waals surface area contributed by atoms with E-state index >= 15 is 0 Å². The number of rotatable bonds is 7. The summed E-state index contributed by atoms with van der Waals surface area (Å²) in [6, 6.07) is 17.0. The standard InChI is InChI=1S/C24H26ClN5O2/c1-32-21-7-3-2-6-20(21)28-22-12-13-26-24(29-22)30-14-4-5-18(16-30)23(31)27-15-17-8-10-19(25)11-9-17/h2-3,6-13,18H,4-5,14-16H2,1H3,(H,27,31)(H,26,28,29). The van der Waals surface area contributed by atoms with Gasteiger partial charge in [0.2, 0.25) is 11.9 Å². The van der Waals surface area contributed by atoms with Gasteiger partial charge in [-0.25, -0.2) is 4.98 Å². The fourth-order valence-electron chi connectivity index (χ4n) is 3.76. The van der Waals surface area contributed by atoms with E-state index in [2.05, 4.69) is 25.5 Å². The Kier molecular flexibility index (Phi) is 7.07. The molecule has 32 heavy (non-hydrogen) atoms. The predicted molar refractivity (Wildman–Crippen MR) is 127 cm³/mol. The van der Waals surface area contributed by atoms with Gasteiger partial charge in [-0.1, -0.05) is 35.9 Å². The maximum absolute atomic E-state index is 12.8. The van der Waals surface area contributed by atoms with Crippen LogP contribution in [-0.4, -0.2) is 36.1 Å². The van der Waals surface area contributed by atoms with E-state index in [9.17, 15) is 4.79 Å². The van der Waals surface area contributed by atoms with Crippen molar-refractivity contribution in [1.82, 2.24) is 15.3 Å². The highest BCUT2D eigenvalue weighted by Gasteiger charge is 2.27. The molecule has 7 nitrogen and oxygen atoms in total. The molecule has 0 radical (unpaired) electrons. The minimum Gasteiger partial charge on any atom is -0.495 e. The van der Waals surface area contributed by atoms with E-state index in [4.69, 9.17) is 16.3 Å². The predicted octanol–water partition coefficient (Wildman–Crippen LogP) is 4.42. The summed E-state index contributed by atoms with van der Waals surface area (Å²) in [5.74, 6) is 1.97. The number of aromatic nitrogens is 2. The Morgan fingerprint density at radius 1 is 1.19 bits per heavy atom. The molecule has 166 valence electrons. The van der Waals surface area contributed by atoms with Crippen molar-refractivity contribution < 1.29 is 9.53 Å². The van der Waals surface area contributed by atoms with Crippen molar-refractivity contribution >= 4 is 35.0 Å². The lowest BCUT2D eigenvalue weighted by Gasteiger charge is -2.32. The average molecular weight is 452 g/mol. The van der Waals surface area contributed by atoms with Crippen LogP contribution in [-0.2, 0) is 11.3 Å². The smallest absolute Gasteiger partial charge is 0.227 e. The molecule has 1 aliphatic heterocycles. The van der Waals surface area contributed by atoms with Gasteiger partial charge in [-0.15, -0.1) is 0 Å². The number of amides is 1. The number of hydrogen-bond donors (Lipinski definition) is 2. The van der Waals surface area contributed by atoms with Crippen molar-refractivity contribution in [2.45, 2.75) is 19.4 Å². The van der Waals surface area contributed by atoms with Gasteiger partial charge in [-0.2, -0.15) is 4.98 Å². The Bertz CT molecular complexity index is 1060. The monoisotopic (exact) mass is 451 g/mol. The first-order valence-electron chi connectivity index (χ1n) is 10.6. The van der Waals surface area contributed by atoms with Crippen LogP contribution in [0.25, 0.3) is 0 Å². The molecule has 2 heterocycles. The second-order valence-electron chi connectivity index (χ2n) is 7.70. The first-order chi connectivity index (χ1) is 15.6. The van der Waals surface area contributed by atoms with Crippen LogP contribution < -0.4 is 20.3 Å². The fraction of sp³-hybridized carbons (Fsp3) is 0.292. The molecule has 2 N–H and O–H groups in total. The quantitative estimate of drug-likeness (QED) is 0.553. The van der Waals surface area contributed by atoms with Gasteiger partial charge < -0.3 is 20.3 Å². The van der Waals surface area contributed by atoms with Crippen molar-refractivity contribution in [1.29, 1.82) is 0 Å². The number of anilines is 3. The Morgan fingerprint density at radius 3 is 2.81 bits per heavy atom. The van der Waals surface area contributed by atoms with Crippen molar-refractivity contribution in [2.24, 2.45) is 5.92 Å². The van der Waals surface area contributed by atoms with Gasteiger partial charge in [0.15, 0.2) is 0 Å². The van der Waals surface area contributed by atoms with E-state index in [-0.39, 0.29) is 11.8 Å². The molecule has 0 bridgehead atoms. The number of nitrogens with zero attached hydrogens (tertiary/aromatic N) is 3. The summed E-state index contributed by atoms with van der Waals surface area (Å²) >= 11 is 5.93. The van der Waals surface area contributed by atoms with Crippen LogP contribution in [0.5, 0.6) is 5.75 Å². The largest absolute Gasteiger partial charge is 0.495 e. The molecule has 1 saturated heterocycles. The normalized spacial score (nSPS) is 15.8. The van der Waals surface area contributed by atoms with Crippen molar-refractivity contribution in [3.63, 3.8) is 0 Å². The molecule has 0 saturated carbocycles. The van der Waals surface area contributed by atoms with Gasteiger partial charge in [0.05, 0.1) is 18.7 Å². The topological polar surface area (TPSA) is 79.4 Å². The molecule has 1 amide bonds. The molecule has 1 unspecified atom stereocenters. The first kappa shape index (κ1) is 21.9.